The van der Waals surface area contributed by atoms with Crippen LogP contribution in [0.4, 0.5) is 0 Å². The molecule has 0 bridgehead atoms. The van der Waals surface area contributed by atoms with Gasteiger partial charge in [-0.2, -0.15) is 0 Å². The van der Waals surface area contributed by atoms with Crippen molar-refractivity contribution in [2.24, 2.45) is 41.4 Å². The van der Waals surface area contributed by atoms with Gasteiger partial charge in [-0.1, -0.05) is 41.0 Å². The van der Waals surface area contributed by atoms with E-state index in [-0.39, 0.29) is 0 Å². The largest absolute Gasteiger partial charge is 0.0651 e. The first-order valence-corrected chi connectivity index (χ1v) is 7.06. The molecular formula is C15H28. The molecule has 0 aromatic carbocycles. The molecule has 2 rings (SSSR count). The molecule has 6 unspecified atom stereocenters. The molecule has 2 saturated carbocycles. The maximum Gasteiger partial charge on any atom is -0.0326 e. The third kappa shape index (κ3) is 1.97. The lowest BCUT2D eigenvalue weighted by molar-refractivity contribution is 0.0223. The highest BCUT2D eigenvalue weighted by molar-refractivity contribution is 5.02. The zero-order valence-corrected chi connectivity index (χ0v) is 11.2. The van der Waals surface area contributed by atoms with Crippen molar-refractivity contribution >= 4 is 0 Å². The standard InChI is InChI=1S/C15H28/c1-6-10(4)13-8-14(13)15-11(5)7-12(15)9(2)3/h9-15H,6-8H2,1-5H3. The van der Waals surface area contributed by atoms with Gasteiger partial charge < -0.3 is 0 Å². The topological polar surface area (TPSA) is 0 Å². The Hall–Kier alpha value is 0. The van der Waals surface area contributed by atoms with Gasteiger partial charge in [-0.05, 0) is 54.3 Å². The summed E-state index contributed by atoms with van der Waals surface area (Å²) in [6.45, 7) is 12.1. The van der Waals surface area contributed by atoms with Gasteiger partial charge in [-0.3, -0.25) is 0 Å². The summed E-state index contributed by atoms with van der Waals surface area (Å²) in [6, 6.07) is 0. The Morgan fingerprint density at radius 2 is 1.73 bits per heavy atom. The Kier molecular flexibility index (Phi) is 3.14. The molecule has 6 atom stereocenters. The Bertz CT molecular complexity index is 218. The molecule has 0 aromatic rings. The van der Waals surface area contributed by atoms with E-state index in [1.165, 1.54) is 12.8 Å². The normalized spacial score (nSPS) is 46.4. The molecule has 2 fully saturated rings. The van der Waals surface area contributed by atoms with Crippen LogP contribution < -0.4 is 0 Å². The van der Waals surface area contributed by atoms with Gasteiger partial charge in [-0.15, -0.1) is 0 Å². The summed E-state index contributed by atoms with van der Waals surface area (Å²) in [5.41, 5.74) is 0. The van der Waals surface area contributed by atoms with Gasteiger partial charge in [0.1, 0.15) is 0 Å². The minimum atomic E-state index is 0.921. The van der Waals surface area contributed by atoms with Crippen LogP contribution in [-0.4, -0.2) is 0 Å². The van der Waals surface area contributed by atoms with E-state index in [0.717, 1.165) is 41.4 Å². The number of hydrogen-bond donors (Lipinski definition) is 0. The third-order valence-electron chi connectivity index (χ3n) is 5.41. The highest BCUT2D eigenvalue weighted by Gasteiger charge is 2.53. The van der Waals surface area contributed by atoms with E-state index >= 15 is 0 Å². The van der Waals surface area contributed by atoms with E-state index in [0.29, 0.717) is 0 Å². The summed E-state index contributed by atoms with van der Waals surface area (Å²) < 4.78 is 0. The van der Waals surface area contributed by atoms with Crippen molar-refractivity contribution in [1.29, 1.82) is 0 Å². The van der Waals surface area contributed by atoms with Crippen LogP contribution in [0, 0.1) is 41.4 Å². The van der Waals surface area contributed by atoms with E-state index in [1.54, 1.807) is 6.42 Å². The summed E-state index contributed by atoms with van der Waals surface area (Å²) in [7, 11) is 0. The van der Waals surface area contributed by atoms with Crippen LogP contribution in [0.3, 0.4) is 0 Å². The van der Waals surface area contributed by atoms with Crippen LogP contribution in [-0.2, 0) is 0 Å². The van der Waals surface area contributed by atoms with Crippen molar-refractivity contribution < 1.29 is 0 Å². The number of hydrogen-bond acceptors (Lipinski definition) is 0. The Morgan fingerprint density at radius 1 is 1.07 bits per heavy atom. The molecule has 0 aliphatic heterocycles. The molecule has 0 spiro atoms. The predicted octanol–water partition coefficient (Wildman–Crippen LogP) is 4.60. The minimum absolute atomic E-state index is 0.921. The predicted molar refractivity (Wildman–Crippen MR) is 66.7 cm³/mol. The molecule has 0 N–H and O–H groups in total. The van der Waals surface area contributed by atoms with Crippen molar-refractivity contribution in [2.75, 3.05) is 0 Å². The number of rotatable bonds is 4. The second kappa shape index (κ2) is 4.11. The first-order chi connectivity index (χ1) is 7.06. The van der Waals surface area contributed by atoms with E-state index in [1.807, 2.05) is 0 Å². The summed E-state index contributed by atoms with van der Waals surface area (Å²) >= 11 is 0. The Balaban J connectivity index is 1.89. The maximum absolute atomic E-state index is 2.48. The van der Waals surface area contributed by atoms with Gasteiger partial charge in [-0.25, -0.2) is 0 Å². The van der Waals surface area contributed by atoms with E-state index in [2.05, 4.69) is 34.6 Å². The zero-order chi connectivity index (χ0) is 11.2. The first-order valence-electron chi connectivity index (χ1n) is 7.06. The van der Waals surface area contributed by atoms with Gasteiger partial charge in [0.25, 0.3) is 0 Å². The highest BCUT2D eigenvalue weighted by atomic mass is 14.6. The molecule has 0 aromatic heterocycles. The van der Waals surface area contributed by atoms with Crippen molar-refractivity contribution in [2.45, 2.75) is 53.9 Å². The Labute approximate surface area is 95.8 Å². The smallest absolute Gasteiger partial charge is 0.0326 e. The fourth-order valence-electron chi connectivity index (χ4n) is 4.06. The molecule has 0 heteroatoms. The van der Waals surface area contributed by atoms with Crippen LogP contribution in [0.2, 0.25) is 0 Å². The average molecular weight is 208 g/mol. The highest BCUT2D eigenvalue weighted by Crippen LogP contribution is 2.60. The van der Waals surface area contributed by atoms with E-state index in [9.17, 15) is 0 Å². The van der Waals surface area contributed by atoms with Gasteiger partial charge >= 0.3 is 0 Å². The molecule has 15 heavy (non-hydrogen) atoms. The average Bonchev–Trinajstić information content (AvgIpc) is 2.92. The fraction of sp³-hybridized carbons (Fsp3) is 1.00. The van der Waals surface area contributed by atoms with Gasteiger partial charge in [0.05, 0.1) is 0 Å². The van der Waals surface area contributed by atoms with Crippen LogP contribution in [0.5, 0.6) is 0 Å². The fourth-order valence-corrected chi connectivity index (χ4v) is 4.06. The molecule has 0 nitrogen and oxygen atoms in total. The van der Waals surface area contributed by atoms with Crippen LogP contribution >= 0.6 is 0 Å². The van der Waals surface area contributed by atoms with Gasteiger partial charge in [0.2, 0.25) is 0 Å². The lowest BCUT2D eigenvalue weighted by Gasteiger charge is -2.46. The van der Waals surface area contributed by atoms with E-state index in [4.69, 9.17) is 0 Å². The van der Waals surface area contributed by atoms with E-state index < -0.39 is 0 Å². The molecule has 2 aliphatic rings. The SMILES string of the molecule is CCC(C)C1CC1C1C(C)CC1C(C)C. The van der Waals surface area contributed by atoms with Crippen LogP contribution in [0.1, 0.15) is 53.9 Å². The zero-order valence-electron chi connectivity index (χ0n) is 11.2. The summed E-state index contributed by atoms with van der Waals surface area (Å²) in [5.74, 6) is 7.26. The molecule has 2 aliphatic carbocycles. The second-order valence-electron chi connectivity index (χ2n) is 6.65. The van der Waals surface area contributed by atoms with Crippen molar-refractivity contribution in [3.63, 3.8) is 0 Å². The third-order valence-corrected chi connectivity index (χ3v) is 5.41. The molecule has 0 heterocycles. The molecular weight excluding hydrogens is 180 g/mol. The minimum Gasteiger partial charge on any atom is -0.0651 e. The van der Waals surface area contributed by atoms with Gasteiger partial charge in [0.15, 0.2) is 0 Å². The molecule has 0 saturated heterocycles. The Morgan fingerprint density at radius 3 is 2.20 bits per heavy atom. The first kappa shape index (κ1) is 11.5. The van der Waals surface area contributed by atoms with Crippen molar-refractivity contribution in [3.8, 4) is 0 Å². The van der Waals surface area contributed by atoms with Crippen molar-refractivity contribution in [3.05, 3.63) is 0 Å². The summed E-state index contributed by atoms with van der Waals surface area (Å²) in [6.07, 6.45) is 4.44. The maximum atomic E-state index is 2.48. The van der Waals surface area contributed by atoms with Crippen LogP contribution in [0.25, 0.3) is 0 Å². The van der Waals surface area contributed by atoms with Gasteiger partial charge in [0, 0.05) is 0 Å². The monoisotopic (exact) mass is 208 g/mol. The van der Waals surface area contributed by atoms with Crippen molar-refractivity contribution in [1.82, 2.24) is 0 Å². The summed E-state index contributed by atoms with van der Waals surface area (Å²) in [4.78, 5) is 0. The van der Waals surface area contributed by atoms with Crippen LogP contribution in [0.15, 0.2) is 0 Å². The second-order valence-corrected chi connectivity index (χ2v) is 6.65. The molecule has 88 valence electrons. The summed E-state index contributed by atoms with van der Waals surface area (Å²) in [5, 5.41) is 0. The lowest BCUT2D eigenvalue weighted by Crippen LogP contribution is -2.40. The molecule has 0 radical (unpaired) electrons. The lowest BCUT2D eigenvalue weighted by atomic mass is 9.59. The quantitative estimate of drug-likeness (QED) is 0.633. The molecule has 0 amide bonds.